The van der Waals surface area contributed by atoms with Crippen molar-refractivity contribution in [2.24, 2.45) is 11.7 Å². The minimum atomic E-state index is -0.115. The Morgan fingerprint density at radius 1 is 1.25 bits per heavy atom. The van der Waals surface area contributed by atoms with Crippen molar-refractivity contribution in [2.45, 2.75) is 32.7 Å². The van der Waals surface area contributed by atoms with Crippen molar-refractivity contribution in [1.29, 1.82) is 0 Å². The molecule has 0 spiro atoms. The third-order valence-corrected chi connectivity index (χ3v) is 3.57. The number of hydrogen-bond donors (Lipinski definition) is 2. The lowest BCUT2D eigenvalue weighted by Gasteiger charge is -2.16. The van der Waals surface area contributed by atoms with E-state index in [1.807, 2.05) is 12.1 Å². The van der Waals surface area contributed by atoms with E-state index in [2.05, 4.69) is 45.7 Å². The van der Waals surface area contributed by atoms with E-state index in [9.17, 15) is 5.11 Å². The van der Waals surface area contributed by atoms with Crippen LogP contribution in [0.1, 0.15) is 38.3 Å². The average Bonchev–Trinajstić information content (AvgIpc) is 2.19. The summed E-state index contributed by atoms with van der Waals surface area (Å²) in [6.45, 7) is 4.34. The zero-order valence-corrected chi connectivity index (χ0v) is 12.7. The van der Waals surface area contributed by atoms with Crippen LogP contribution >= 0.6 is 31.9 Å². The Hall–Kier alpha value is -0.0600. The van der Waals surface area contributed by atoms with E-state index in [0.29, 0.717) is 10.4 Å². The van der Waals surface area contributed by atoms with E-state index in [0.717, 1.165) is 22.9 Å². The molecule has 0 aliphatic rings. The molecule has 16 heavy (non-hydrogen) atoms. The van der Waals surface area contributed by atoms with Gasteiger partial charge < -0.3 is 10.8 Å². The van der Waals surface area contributed by atoms with Crippen molar-refractivity contribution in [3.05, 3.63) is 26.6 Å². The van der Waals surface area contributed by atoms with Gasteiger partial charge in [-0.05, 0) is 46.8 Å². The lowest BCUT2D eigenvalue weighted by molar-refractivity contribution is 0.445. The van der Waals surface area contributed by atoms with Gasteiger partial charge in [-0.3, -0.25) is 0 Å². The predicted molar refractivity (Wildman–Crippen MR) is 74.5 cm³/mol. The molecule has 1 rings (SSSR count). The number of aromatic hydroxyl groups is 1. The molecule has 0 aliphatic carbocycles. The Labute approximate surface area is 113 Å². The Balaban J connectivity index is 2.86. The van der Waals surface area contributed by atoms with Gasteiger partial charge in [-0.2, -0.15) is 0 Å². The first-order valence-electron chi connectivity index (χ1n) is 5.35. The van der Waals surface area contributed by atoms with Crippen molar-refractivity contribution in [3.8, 4) is 5.75 Å². The maximum absolute atomic E-state index is 9.91. The first-order chi connectivity index (χ1) is 7.41. The molecule has 1 aromatic carbocycles. The molecule has 0 saturated carbocycles. The highest BCUT2D eigenvalue weighted by molar-refractivity contribution is 9.11. The van der Waals surface area contributed by atoms with Crippen LogP contribution in [0.4, 0.5) is 0 Å². The zero-order valence-electron chi connectivity index (χ0n) is 9.50. The molecule has 4 heteroatoms. The highest BCUT2D eigenvalue weighted by atomic mass is 79.9. The minimum Gasteiger partial charge on any atom is -0.506 e. The SMILES string of the molecule is CC(C)CC[C@H](N)c1cc(Br)cc(Br)c1O. The van der Waals surface area contributed by atoms with Gasteiger partial charge in [0.05, 0.1) is 4.47 Å². The smallest absolute Gasteiger partial charge is 0.134 e. The molecule has 0 amide bonds. The molecule has 0 aromatic heterocycles. The van der Waals surface area contributed by atoms with Gasteiger partial charge in [-0.25, -0.2) is 0 Å². The summed E-state index contributed by atoms with van der Waals surface area (Å²) in [5.41, 5.74) is 6.87. The standard InChI is InChI=1S/C12H17Br2NO/c1-7(2)3-4-11(15)9-5-8(13)6-10(14)12(9)16/h5-7,11,16H,3-4,15H2,1-2H3/t11-/m0/s1. The zero-order chi connectivity index (χ0) is 12.3. The van der Waals surface area contributed by atoms with Crippen molar-refractivity contribution in [1.82, 2.24) is 0 Å². The fraction of sp³-hybridized carbons (Fsp3) is 0.500. The van der Waals surface area contributed by atoms with Crippen molar-refractivity contribution in [3.63, 3.8) is 0 Å². The molecular formula is C12H17Br2NO. The van der Waals surface area contributed by atoms with Crippen LogP contribution in [0.15, 0.2) is 21.1 Å². The highest BCUT2D eigenvalue weighted by Gasteiger charge is 2.14. The maximum Gasteiger partial charge on any atom is 0.134 e. The van der Waals surface area contributed by atoms with Crippen LogP contribution < -0.4 is 5.73 Å². The molecule has 0 unspecified atom stereocenters. The molecule has 0 heterocycles. The molecule has 1 atom stereocenters. The molecule has 0 fully saturated rings. The van der Waals surface area contributed by atoms with Crippen LogP contribution in [0, 0.1) is 5.92 Å². The van der Waals surface area contributed by atoms with Gasteiger partial charge >= 0.3 is 0 Å². The van der Waals surface area contributed by atoms with Crippen LogP contribution in [0.2, 0.25) is 0 Å². The molecule has 0 saturated heterocycles. The van der Waals surface area contributed by atoms with Crippen molar-refractivity contribution in [2.75, 3.05) is 0 Å². The van der Waals surface area contributed by atoms with Crippen LogP contribution in [0.3, 0.4) is 0 Å². The normalized spacial score (nSPS) is 13.1. The van der Waals surface area contributed by atoms with E-state index < -0.39 is 0 Å². The first-order valence-corrected chi connectivity index (χ1v) is 6.94. The van der Waals surface area contributed by atoms with Crippen molar-refractivity contribution >= 4 is 31.9 Å². The number of benzene rings is 1. The van der Waals surface area contributed by atoms with E-state index >= 15 is 0 Å². The number of phenols is 1. The number of rotatable bonds is 4. The Morgan fingerprint density at radius 3 is 2.44 bits per heavy atom. The number of halogens is 2. The second-order valence-electron chi connectivity index (χ2n) is 4.40. The first kappa shape index (κ1) is 14.0. The fourth-order valence-electron chi connectivity index (χ4n) is 1.54. The second-order valence-corrected chi connectivity index (χ2v) is 6.17. The summed E-state index contributed by atoms with van der Waals surface area (Å²) in [6, 6.07) is 3.58. The van der Waals surface area contributed by atoms with Crippen LogP contribution in [-0.2, 0) is 0 Å². The molecule has 90 valence electrons. The number of hydrogen-bond acceptors (Lipinski definition) is 2. The van der Waals surface area contributed by atoms with Gasteiger partial charge in [-0.15, -0.1) is 0 Å². The molecule has 0 aliphatic heterocycles. The van der Waals surface area contributed by atoms with Crippen LogP contribution in [0.5, 0.6) is 5.75 Å². The number of phenolic OH excluding ortho intramolecular Hbond substituents is 1. The Bertz CT molecular complexity index is 366. The fourth-order valence-corrected chi connectivity index (χ4v) is 2.80. The molecule has 0 bridgehead atoms. The summed E-state index contributed by atoms with van der Waals surface area (Å²) in [7, 11) is 0. The van der Waals surface area contributed by atoms with Crippen molar-refractivity contribution < 1.29 is 5.11 Å². The summed E-state index contributed by atoms with van der Waals surface area (Å²) >= 11 is 6.71. The largest absolute Gasteiger partial charge is 0.506 e. The third-order valence-electron chi connectivity index (χ3n) is 2.51. The summed E-state index contributed by atoms with van der Waals surface area (Å²) in [5, 5.41) is 9.91. The van der Waals surface area contributed by atoms with E-state index in [1.165, 1.54) is 0 Å². The second kappa shape index (κ2) is 6.03. The third kappa shape index (κ3) is 3.75. The predicted octanol–water partition coefficient (Wildman–Crippen LogP) is 4.35. The summed E-state index contributed by atoms with van der Waals surface area (Å²) < 4.78 is 1.60. The van der Waals surface area contributed by atoms with E-state index in [1.54, 1.807) is 0 Å². The topological polar surface area (TPSA) is 46.2 Å². The lowest BCUT2D eigenvalue weighted by Crippen LogP contribution is -2.11. The summed E-state index contributed by atoms with van der Waals surface area (Å²) in [6.07, 6.45) is 1.94. The maximum atomic E-state index is 9.91. The van der Waals surface area contributed by atoms with Gasteiger partial charge in [0.15, 0.2) is 0 Å². The average molecular weight is 351 g/mol. The van der Waals surface area contributed by atoms with Gasteiger partial charge in [0.2, 0.25) is 0 Å². The Kier molecular flexibility index (Phi) is 5.28. The lowest BCUT2D eigenvalue weighted by atomic mass is 9.98. The van der Waals surface area contributed by atoms with Gasteiger partial charge in [0, 0.05) is 16.1 Å². The number of nitrogens with two attached hydrogens (primary N) is 1. The quantitative estimate of drug-likeness (QED) is 0.847. The molecule has 2 nitrogen and oxygen atoms in total. The van der Waals surface area contributed by atoms with Gasteiger partial charge in [0.1, 0.15) is 5.75 Å². The van der Waals surface area contributed by atoms with Gasteiger partial charge in [-0.1, -0.05) is 29.8 Å². The minimum absolute atomic E-state index is 0.115. The van der Waals surface area contributed by atoms with Gasteiger partial charge in [0.25, 0.3) is 0 Å². The Morgan fingerprint density at radius 2 is 1.88 bits per heavy atom. The van der Waals surface area contributed by atoms with E-state index in [4.69, 9.17) is 5.73 Å². The molecular weight excluding hydrogens is 334 g/mol. The monoisotopic (exact) mass is 349 g/mol. The molecule has 3 N–H and O–H groups in total. The van der Waals surface area contributed by atoms with Crippen LogP contribution in [-0.4, -0.2) is 5.11 Å². The molecule has 1 aromatic rings. The summed E-state index contributed by atoms with van der Waals surface area (Å²) in [5.74, 6) is 0.878. The summed E-state index contributed by atoms with van der Waals surface area (Å²) in [4.78, 5) is 0. The molecule has 0 radical (unpaired) electrons. The van der Waals surface area contributed by atoms with E-state index in [-0.39, 0.29) is 11.8 Å². The highest BCUT2D eigenvalue weighted by Crippen LogP contribution is 2.36. The van der Waals surface area contributed by atoms with Crippen LogP contribution in [0.25, 0.3) is 0 Å².